The van der Waals surface area contributed by atoms with Crippen LogP contribution in [0.15, 0.2) is 66.7 Å². The molecule has 0 bridgehead atoms. The predicted molar refractivity (Wildman–Crippen MR) is 153 cm³/mol. The Kier molecular flexibility index (Phi) is 9.01. The third kappa shape index (κ3) is 6.71. The Labute approximate surface area is 241 Å². The molecule has 1 aromatic heterocycles. The van der Waals surface area contributed by atoms with Gasteiger partial charge >= 0.3 is 0 Å². The molecule has 0 fully saturated rings. The number of nitrogens with one attached hydrogen (secondary N) is 2. The summed E-state index contributed by atoms with van der Waals surface area (Å²) in [6.07, 6.45) is 3.00. The summed E-state index contributed by atoms with van der Waals surface area (Å²) < 4.78 is 13.9. The van der Waals surface area contributed by atoms with Gasteiger partial charge in [-0.1, -0.05) is 36.4 Å². The summed E-state index contributed by atoms with van der Waals surface area (Å²) in [6.45, 7) is 8.62. The van der Waals surface area contributed by atoms with Crippen molar-refractivity contribution in [2.24, 2.45) is 5.90 Å². The van der Waals surface area contributed by atoms with E-state index in [4.69, 9.17) is 17.5 Å². The third-order valence-electron chi connectivity index (χ3n) is 6.61. The molecular formula is C29H30ClFN6O4. The first-order valence-electron chi connectivity index (χ1n) is 12.7. The van der Waals surface area contributed by atoms with E-state index >= 15 is 0 Å². The highest BCUT2D eigenvalue weighted by molar-refractivity contribution is 6.33. The van der Waals surface area contributed by atoms with Crippen LogP contribution in [0.2, 0.25) is 5.02 Å². The number of halogens is 2. The molecule has 2 aromatic carbocycles. The van der Waals surface area contributed by atoms with Gasteiger partial charge in [0.25, 0.3) is 5.91 Å². The summed E-state index contributed by atoms with van der Waals surface area (Å²) in [6, 6.07) is 7.87. The number of nitrogens with zero attached hydrogens (tertiary/aromatic N) is 3. The van der Waals surface area contributed by atoms with Crippen molar-refractivity contribution in [2.45, 2.75) is 39.4 Å². The molecule has 1 aliphatic rings. The van der Waals surface area contributed by atoms with Crippen molar-refractivity contribution >= 4 is 29.4 Å². The van der Waals surface area contributed by atoms with Crippen LogP contribution in [0.4, 0.5) is 10.3 Å². The minimum absolute atomic E-state index is 0.213. The zero-order valence-corrected chi connectivity index (χ0v) is 23.5. The molecule has 0 radical (unpaired) electrons. The molecule has 12 heteroatoms. The lowest BCUT2D eigenvalue weighted by Gasteiger charge is -2.26. The molecule has 1 aliphatic heterocycles. The monoisotopic (exact) mass is 580 g/mol. The Morgan fingerprint density at radius 2 is 2.10 bits per heavy atom. The summed E-state index contributed by atoms with van der Waals surface area (Å²) >= 11 is 6.40. The van der Waals surface area contributed by atoms with Gasteiger partial charge in [-0.25, -0.2) is 14.4 Å². The van der Waals surface area contributed by atoms with Crippen molar-refractivity contribution in [3.63, 3.8) is 0 Å². The Bertz CT molecular complexity index is 1530. The van der Waals surface area contributed by atoms with Crippen LogP contribution in [0, 0.1) is 12.7 Å². The van der Waals surface area contributed by atoms with Crippen molar-refractivity contribution in [2.75, 3.05) is 11.9 Å². The van der Waals surface area contributed by atoms with E-state index in [9.17, 15) is 19.1 Å². The Hall–Kier alpha value is -4.32. The molecule has 214 valence electrons. The smallest absolute Gasteiger partial charge is 0.255 e. The van der Waals surface area contributed by atoms with Gasteiger partial charge < -0.3 is 25.5 Å². The highest BCUT2D eigenvalue weighted by Crippen LogP contribution is 2.32. The fraction of sp³-hybridized carbons (Fsp3) is 0.241. The molecule has 4 rings (SSSR count). The van der Waals surface area contributed by atoms with Crippen LogP contribution in [0.1, 0.15) is 46.9 Å². The summed E-state index contributed by atoms with van der Waals surface area (Å²) in [4.78, 5) is 41.2. The lowest BCUT2D eigenvalue weighted by molar-refractivity contribution is -0.126. The Balaban J connectivity index is 1.51. The zero-order chi connectivity index (χ0) is 29.8. The van der Waals surface area contributed by atoms with Crippen LogP contribution in [0.5, 0.6) is 0 Å². The normalized spacial score (nSPS) is 14.4. The molecule has 2 atom stereocenters. The van der Waals surface area contributed by atoms with E-state index in [2.05, 4.69) is 32.0 Å². The minimum atomic E-state index is -0.861. The molecule has 2 heterocycles. The van der Waals surface area contributed by atoms with E-state index in [-0.39, 0.29) is 23.4 Å². The number of anilines is 1. The van der Waals surface area contributed by atoms with Crippen molar-refractivity contribution in [3.05, 3.63) is 99.8 Å². The quantitative estimate of drug-likeness (QED) is 0.159. The van der Waals surface area contributed by atoms with Gasteiger partial charge in [0.2, 0.25) is 11.9 Å². The molecule has 0 spiro atoms. The maximum Gasteiger partial charge on any atom is 0.255 e. The molecule has 0 unspecified atom stereocenters. The lowest BCUT2D eigenvalue weighted by Crippen LogP contribution is -2.46. The number of nitrogens with two attached hydrogens (primary N) is 1. The van der Waals surface area contributed by atoms with Gasteiger partial charge in [0.05, 0.1) is 29.6 Å². The van der Waals surface area contributed by atoms with Gasteiger partial charge in [0.1, 0.15) is 17.6 Å². The highest BCUT2D eigenvalue weighted by atomic mass is 35.5. The lowest BCUT2D eigenvalue weighted by atomic mass is 10.0. The summed E-state index contributed by atoms with van der Waals surface area (Å²) in [5.74, 6) is 4.50. The first kappa shape index (κ1) is 29.7. The van der Waals surface area contributed by atoms with Crippen molar-refractivity contribution in [1.82, 2.24) is 20.2 Å². The fourth-order valence-corrected chi connectivity index (χ4v) is 4.71. The molecule has 5 N–H and O–H groups in total. The number of aryl methyl sites for hydroxylation is 1. The van der Waals surface area contributed by atoms with Crippen LogP contribution in [0.25, 0.3) is 11.3 Å². The average molecular weight is 581 g/mol. The second-order valence-electron chi connectivity index (χ2n) is 9.70. The standard InChI is InChI=1S/C29H30ClFN6O4/c1-15-7-21(10-22(31)8-15)25(14-38)35-27(39)18(4)37-13-20-6-5-19(11-23(20)28(37)40)26-24(30)12-33-29(36-26)34-16(2)9-17(3)41-32/h5-12,18,25,38H,2,13-14,32H2,1,3-4H3,(H,35,39)(H,33,34,36)/b17-9-/t18-,25-/m1/s1. The van der Waals surface area contributed by atoms with Gasteiger partial charge in [-0.3, -0.25) is 9.59 Å². The van der Waals surface area contributed by atoms with Crippen LogP contribution in [0.3, 0.4) is 0 Å². The Morgan fingerprint density at radius 1 is 1.34 bits per heavy atom. The fourth-order valence-electron chi connectivity index (χ4n) is 4.51. The number of aliphatic hydroxyl groups excluding tert-OH is 1. The van der Waals surface area contributed by atoms with E-state index < -0.39 is 30.4 Å². The first-order chi connectivity index (χ1) is 19.5. The number of carbonyl (C=O) groups is 2. The SMILES string of the molecule is C=C(/C=C(/C)ON)Nc1ncc(Cl)c(-c2ccc3c(c2)C(=O)N([C@H](C)C(=O)N[C@H](CO)c2cc(C)cc(F)c2)C3)n1. The van der Waals surface area contributed by atoms with E-state index in [1.54, 1.807) is 51.1 Å². The maximum atomic E-state index is 13.9. The molecule has 0 aliphatic carbocycles. The molecule has 0 saturated carbocycles. The highest BCUT2D eigenvalue weighted by Gasteiger charge is 2.35. The molecule has 41 heavy (non-hydrogen) atoms. The van der Waals surface area contributed by atoms with Crippen LogP contribution in [-0.2, 0) is 16.2 Å². The van der Waals surface area contributed by atoms with Crippen LogP contribution < -0.4 is 16.5 Å². The number of fused-ring (bicyclic) bond motifs is 1. The van der Waals surface area contributed by atoms with Gasteiger partial charge in [-0.2, -0.15) is 5.90 Å². The summed E-state index contributed by atoms with van der Waals surface area (Å²) in [5, 5.41) is 15.8. The Morgan fingerprint density at radius 3 is 2.78 bits per heavy atom. The molecule has 0 saturated heterocycles. The van der Waals surface area contributed by atoms with Gasteiger partial charge in [0.15, 0.2) is 0 Å². The average Bonchev–Trinajstić information content (AvgIpc) is 3.26. The number of hydrogen-bond donors (Lipinski definition) is 4. The van der Waals surface area contributed by atoms with Crippen molar-refractivity contribution in [1.29, 1.82) is 0 Å². The maximum absolute atomic E-state index is 13.9. The number of rotatable bonds is 10. The number of aliphatic hydroxyl groups is 1. The van der Waals surface area contributed by atoms with E-state index in [1.807, 2.05) is 0 Å². The van der Waals surface area contributed by atoms with E-state index in [0.29, 0.717) is 39.4 Å². The minimum Gasteiger partial charge on any atom is -0.416 e. The number of carbonyl (C=O) groups excluding carboxylic acids is 2. The zero-order valence-electron chi connectivity index (χ0n) is 22.7. The van der Waals surface area contributed by atoms with Crippen LogP contribution in [-0.4, -0.2) is 44.4 Å². The first-order valence-corrected chi connectivity index (χ1v) is 13.0. The largest absolute Gasteiger partial charge is 0.416 e. The van der Waals surface area contributed by atoms with Crippen molar-refractivity contribution in [3.8, 4) is 11.3 Å². The third-order valence-corrected chi connectivity index (χ3v) is 6.88. The molecule has 2 amide bonds. The number of amides is 2. The number of aromatic nitrogens is 2. The number of allylic oxidation sites excluding steroid dienone is 2. The number of benzene rings is 2. The molecular weight excluding hydrogens is 551 g/mol. The van der Waals surface area contributed by atoms with Gasteiger partial charge in [-0.15, -0.1) is 0 Å². The summed E-state index contributed by atoms with van der Waals surface area (Å²) in [5.41, 5.74) is 3.64. The van der Waals surface area contributed by atoms with E-state index in [1.165, 1.54) is 23.2 Å². The predicted octanol–water partition coefficient (Wildman–Crippen LogP) is 4.16. The second-order valence-corrected chi connectivity index (χ2v) is 10.1. The van der Waals surface area contributed by atoms with Gasteiger partial charge in [-0.05, 0) is 55.7 Å². The second kappa shape index (κ2) is 12.5. The van der Waals surface area contributed by atoms with Crippen molar-refractivity contribution < 1.29 is 23.9 Å². The number of hydrogen-bond acceptors (Lipinski definition) is 8. The van der Waals surface area contributed by atoms with E-state index in [0.717, 1.165) is 5.56 Å². The molecule has 10 nitrogen and oxygen atoms in total. The van der Waals surface area contributed by atoms with Crippen LogP contribution >= 0.6 is 11.6 Å². The molecule has 3 aromatic rings. The topological polar surface area (TPSA) is 143 Å². The summed E-state index contributed by atoms with van der Waals surface area (Å²) in [7, 11) is 0. The van der Waals surface area contributed by atoms with Gasteiger partial charge in [0, 0.05) is 29.4 Å².